The lowest BCUT2D eigenvalue weighted by Gasteiger charge is -2.56. The summed E-state index contributed by atoms with van der Waals surface area (Å²) in [5.74, 6) is 1.99. The Labute approximate surface area is 153 Å². The standard InChI is InChI=1S/C20H22N2O2S/c1-4-23-15-11-9-14(10-12-15)22-19(25)21-18-13(2)20(22,3)24-17-8-6-5-7-16(17)18/h5-13,18H,4H2,1-3H3,(H,21,25). The highest BCUT2D eigenvalue weighted by molar-refractivity contribution is 7.80. The van der Waals surface area contributed by atoms with Crippen LogP contribution in [-0.4, -0.2) is 17.4 Å². The van der Waals surface area contributed by atoms with Crippen LogP contribution < -0.4 is 19.7 Å². The lowest BCUT2D eigenvalue weighted by atomic mass is 9.81. The highest BCUT2D eigenvalue weighted by Crippen LogP contribution is 2.49. The molecule has 1 fully saturated rings. The molecule has 2 heterocycles. The number of nitrogens with one attached hydrogen (secondary N) is 1. The van der Waals surface area contributed by atoms with Crippen molar-refractivity contribution in [2.24, 2.45) is 5.92 Å². The SMILES string of the molecule is CCOc1ccc(N2C(=S)NC3c4ccccc4OC2(C)C3C)cc1. The smallest absolute Gasteiger partial charge is 0.190 e. The van der Waals surface area contributed by atoms with Gasteiger partial charge in [0.1, 0.15) is 11.5 Å². The largest absolute Gasteiger partial charge is 0.494 e. The molecule has 2 bridgehead atoms. The molecule has 0 aliphatic carbocycles. The van der Waals surface area contributed by atoms with E-state index < -0.39 is 5.72 Å². The minimum absolute atomic E-state index is 0.154. The van der Waals surface area contributed by atoms with Crippen LogP contribution in [0.25, 0.3) is 0 Å². The second-order valence-corrected chi connectivity index (χ2v) is 7.06. The average Bonchev–Trinajstić information content (AvgIpc) is 2.60. The number of hydrogen-bond acceptors (Lipinski definition) is 3. The number of thiocarbonyl (C=S) groups is 1. The van der Waals surface area contributed by atoms with Crippen molar-refractivity contribution in [1.82, 2.24) is 5.32 Å². The summed E-state index contributed by atoms with van der Waals surface area (Å²) in [6.07, 6.45) is 0. The number of fused-ring (bicyclic) bond motifs is 4. The van der Waals surface area contributed by atoms with Gasteiger partial charge in [0.25, 0.3) is 0 Å². The molecule has 1 N–H and O–H groups in total. The topological polar surface area (TPSA) is 33.7 Å². The van der Waals surface area contributed by atoms with Crippen molar-refractivity contribution < 1.29 is 9.47 Å². The molecule has 4 rings (SSSR count). The van der Waals surface area contributed by atoms with Crippen molar-refractivity contribution in [3.8, 4) is 11.5 Å². The number of anilines is 1. The molecule has 0 radical (unpaired) electrons. The molecule has 3 unspecified atom stereocenters. The predicted octanol–water partition coefficient (Wildman–Crippen LogP) is 4.27. The third kappa shape index (κ3) is 2.45. The van der Waals surface area contributed by atoms with Crippen molar-refractivity contribution in [3.05, 3.63) is 54.1 Å². The molecular formula is C20H22N2O2S. The van der Waals surface area contributed by atoms with Crippen molar-refractivity contribution in [2.75, 3.05) is 11.5 Å². The second kappa shape index (κ2) is 5.92. The molecule has 2 aliphatic rings. The van der Waals surface area contributed by atoms with E-state index >= 15 is 0 Å². The Balaban J connectivity index is 1.76. The third-order valence-electron chi connectivity index (χ3n) is 5.25. The first kappa shape index (κ1) is 16.2. The fourth-order valence-corrected chi connectivity index (χ4v) is 4.22. The summed E-state index contributed by atoms with van der Waals surface area (Å²) in [5, 5.41) is 4.20. The molecule has 0 amide bonds. The van der Waals surface area contributed by atoms with Gasteiger partial charge in [0.15, 0.2) is 10.8 Å². The molecular weight excluding hydrogens is 332 g/mol. The van der Waals surface area contributed by atoms with Crippen LogP contribution in [0.4, 0.5) is 5.69 Å². The quantitative estimate of drug-likeness (QED) is 0.833. The number of nitrogens with zero attached hydrogens (tertiary/aromatic N) is 1. The summed E-state index contributed by atoms with van der Waals surface area (Å²) >= 11 is 5.71. The van der Waals surface area contributed by atoms with E-state index in [-0.39, 0.29) is 12.0 Å². The highest BCUT2D eigenvalue weighted by Gasteiger charge is 2.53. The lowest BCUT2D eigenvalue weighted by molar-refractivity contribution is -0.00317. The molecule has 3 atom stereocenters. The number of para-hydroxylation sites is 1. The van der Waals surface area contributed by atoms with E-state index in [9.17, 15) is 0 Å². The van der Waals surface area contributed by atoms with E-state index in [1.54, 1.807) is 0 Å². The van der Waals surface area contributed by atoms with Crippen LogP contribution in [-0.2, 0) is 0 Å². The zero-order valence-corrected chi connectivity index (χ0v) is 15.5. The maximum Gasteiger partial charge on any atom is 0.190 e. The van der Waals surface area contributed by atoms with Gasteiger partial charge in [0.05, 0.1) is 12.6 Å². The van der Waals surface area contributed by atoms with Gasteiger partial charge in [-0.25, -0.2) is 0 Å². The molecule has 0 aromatic heterocycles. The highest BCUT2D eigenvalue weighted by atomic mass is 32.1. The van der Waals surface area contributed by atoms with E-state index in [2.05, 4.69) is 30.1 Å². The van der Waals surface area contributed by atoms with Gasteiger partial charge in [-0.05, 0) is 56.4 Å². The maximum absolute atomic E-state index is 6.48. The normalized spacial score (nSPS) is 27.2. The zero-order chi connectivity index (χ0) is 17.6. The van der Waals surface area contributed by atoms with Crippen molar-refractivity contribution >= 4 is 23.0 Å². The lowest BCUT2D eigenvalue weighted by Crippen LogP contribution is -2.69. The van der Waals surface area contributed by atoms with E-state index in [1.165, 1.54) is 5.56 Å². The summed E-state index contributed by atoms with van der Waals surface area (Å²) in [4.78, 5) is 2.08. The van der Waals surface area contributed by atoms with Gasteiger partial charge in [-0.15, -0.1) is 0 Å². The Kier molecular flexibility index (Phi) is 3.84. The van der Waals surface area contributed by atoms with Gasteiger partial charge in [0, 0.05) is 17.2 Å². The first-order valence-corrected chi connectivity index (χ1v) is 9.07. The van der Waals surface area contributed by atoms with E-state index in [1.807, 2.05) is 49.4 Å². The van der Waals surface area contributed by atoms with Gasteiger partial charge in [-0.1, -0.05) is 25.1 Å². The van der Waals surface area contributed by atoms with E-state index in [4.69, 9.17) is 21.7 Å². The summed E-state index contributed by atoms with van der Waals surface area (Å²) in [7, 11) is 0. The zero-order valence-electron chi connectivity index (χ0n) is 14.7. The van der Waals surface area contributed by atoms with Crippen LogP contribution in [0.1, 0.15) is 32.4 Å². The molecule has 25 heavy (non-hydrogen) atoms. The van der Waals surface area contributed by atoms with Gasteiger partial charge < -0.3 is 14.8 Å². The van der Waals surface area contributed by atoms with Crippen LogP contribution in [0.3, 0.4) is 0 Å². The third-order valence-corrected chi connectivity index (χ3v) is 5.55. The van der Waals surface area contributed by atoms with Crippen LogP contribution in [0, 0.1) is 5.92 Å². The first-order valence-electron chi connectivity index (χ1n) is 8.66. The fraction of sp³-hybridized carbons (Fsp3) is 0.350. The maximum atomic E-state index is 6.48. The number of rotatable bonds is 3. The number of hydrogen-bond donors (Lipinski definition) is 1. The first-order chi connectivity index (χ1) is 12.0. The minimum atomic E-state index is -0.547. The van der Waals surface area contributed by atoms with Crippen LogP contribution >= 0.6 is 12.2 Å². The molecule has 0 spiro atoms. The molecule has 4 nitrogen and oxygen atoms in total. The molecule has 2 aromatic carbocycles. The second-order valence-electron chi connectivity index (χ2n) is 6.67. The monoisotopic (exact) mass is 354 g/mol. The molecule has 1 saturated heterocycles. The van der Waals surface area contributed by atoms with Gasteiger partial charge in [0.2, 0.25) is 0 Å². The molecule has 2 aromatic rings. The summed E-state index contributed by atoms with van der Waals surface area (Å²) < 4.78 is 12.0. The Bertz CT molecular complexity index is 808. The van der Waals surface area contributed by atoms with Crippen molar-refractivity contribution in [3.63, 3.8) is 0 Å². The summed E-state index contributed by atoms with van der Waals surface area (Å²) in [5.41, 5.74) is 1.61. The Morgan fingerprint density at radius 3 is 2.64 bits per heavy atom. The molecule has 2 aliphatic heterocycles. The van der Waals surface area contributed by atoms with Crippen molar-refractivity contribution in [2.45, 2.75) is 32.5 Å². The summed E-state index contributed by atoms with van der Waals surface area (Å²) in [6, 6.07) is 16.3. The van der Waals surface area contributed by atoms with Crippen LogP contribution in [0.5, 0.6) is 11.5 Å². The predicted molar refractivity (Wildman–Crippen MR) is 103 cm³/mol. The summed E-state index contributed by atoms with van der Waals surface area (Å²) in [6.45, 7) is 6.95. The Morgan fingerprint density at radius 1 is 1.20 bits per heavy atom. The average molecular weight is 354 g/mol. The molecule has 5 heteroatoms. The molecule has 130 valence electrons. The minimum Gasteiger partial charge on any atom is -0.494 e. The molecule has 0 saturated carbocycles. The number of benzene rings is 2. The van der Waals surface area contributed by atoms with Crippen LogP contribution in [0.15, 0.2) is 48.5 Å². The van der Waals surface area contributed by atoms with Gasteiger partial charge >= 0.3 is 0 Å². The Hall–Kier alpha value is -2.27. The van der Waals surface area contributed by atoms with E-state index in [0.717, 1.165) is 17.2 Å². The Morgan fingerprint density at radius 2 is 1.92 bits per heavy atom. The van der Waals surface area contributed by atoms with E-state index in [0.29, 0.717) is 11.7 Å². The van der Waals surface area contributed by atoms with Gasteiger partial charge in [-0.3, -0.25) is 4.90 Å². The fourth-order valence-electron chi connectivity index (χ4n) is 3.81. The number of ether oxygens (including phenoxy) is 2. The van der Waals surface area contributed by atoms with Crippen LogP contribution in [0.2, 0.25) is 0 Å². The van der Waals surface area contributed by atoms with Gasteiger partial charge in [-0.2, -0.15) is 0 Å². The van der Waals surface area contributed by atoms with Crippen molar-refractivity contribution in [1.29, 1.82) is 0 Å².